The Morgan fingerprint density at radius 3 is 2.65 bits per heavy atom. The second kappa shape index (κ2) is 5.88. The second-order valence-corrected chi connectivity index (χ2v) is 5.14. The highest BCUT2D eigenvalue weighted by atomic mass is 16.6. The van der Waals surface area contributed by atoms with Crippen molar-refractivity contribution in [1.82, 2.24) is 0 Å². The summed E-state index contributed by atoms with van der Waals surface area (Å²) in [6.45, 7) is 3.09. The first-order valence-electron chi connectivity index (χ1n) is 6.64. The number of piperidine rings is 1. The Kier molecular flexibility index (Phi) is 4.20. The Morgan fingerprint density at radius 1 is 1.50 bits per heavy atom. The highest BCUT2D eigenvalue weighted by molar-refractivity contribution is 5.66. The predicted molar refractivity (Wildman–Crippen MR) is 74.4 cm³/mol. The first-order chi connectivity index (χ1) is 9.52. The van der Waals surface area contributed by atoms with Crippen LogP contribution in [0.1, 0.15) is 25.3 Å². The van der Waals surface area contributed by atoms with Crippen LogP contribution in [0.5, 0.6) is 0 Å². The van der Waals surface area contributed by atoms with Gasteiger partial charge in [-0.25, -0.2) is 0 Å². The van der Waals surface area contributed by atoms with Crippen LogP contribution in [0.25, 0.3) is 0 Å². The van der Waals surface area contributed by atoms with Crippen molar-refractivity contribution in [3.63, 3.8) is 0 Å². The molecule has 1 saturated heterocycles. The number of aliphatic hydroxyl groups is 1. The average molecular weight is 275 g/mol. The Bertz CT molecular complexity index is 543. The SMILES string of the molecule is CC(O)C1CCN(c2cc(C#N)ccc2[N+](=O)[O-])CC1. The second-order valence-electron chi connectivity index (χ2n) is 5.14. The van der Waals surface area contributed by atoms with Gasteiger partial charge in [-0.1, -0.05) is 0 Å². The van der Waals surface area contributed by atoms with Crippen LogP contribution in [0, 0.1) is 27.4 Å². The quantitative estimate of drug-likeness (QED) is 0.673. The van der Waals surface area contributed by atoms with Gasteiger partial charge < -0.3 is 10.0 Å². The molecule has 0 amide bonds. The molecule has 6 heteroatoms. The number of anilines is 1. The van der Waals surface area contributed by atoms with Gasteiger partial charge in [-0.2, -0.15) is 5.26 Å². The van der Waals surface area contributed by atoms with Crippen LogP contribution in [0.2, 0.25) is 0 Å². The topological polar surface area (TPSA) is 90.4 Å². The van der Waals surface area contributed by atoms with Crippen molar-refractivity contribution in [2.24, 2.45) is 5.92 Å². The molecule has 0 spiro atoms. The molecule has 1 unspecified atom stereocenters. The van der Waals surface area contributed by atoms with Crippen molar-refractivity contribution in [2.75, 3.05) is 18.0 Å². The predicted octanol–water partition coefficient (Wildman–Crippen LogP) is 2.06. The van der Waals surface area contributed by atoms with Crippen molar-refractivity contribution in [3.05, 3.63) is 33.9 Å². The van der Waals surface area contributed by atoms with E-state index in [1.165, 1.54) is 12.1 Å². The van der Waals surface area contributed by atoms with E-state index in [0.717, 1.165) is 12.8 Å². The maximum absolute atomic E-state index is 11.1. The molecule has 1 fully saturated rings. The van der Waals surface area contributed by atoms with E-state index in [1.807, 2.05) is 11.0 Å². The fourth-order valence-corrected chi connectivity index (χ4v) is 2.62. The number of hydrogen-bond donors (Lipinski definition) is 1. The van der Waals surface area contributed by atoms with Crippen molar-refractivity contribution < 1.29 is 10.0 Å². The fourth-order valence-electron chi connectivity index (χ4n) is 2.62. The van der Waals surface area contributed by atoms with Gasteiger partial charge in [0, 0.05) is 19.2 Å². The van der Waals surface area contributed by atoms with Crippen LogP contribution < -0.4 is 4.90 Å². The molecule has 20 heavy (non-hydrogen) atoms. The van der Waals surface area contributed by atoms with Crippen LogP contribution in [-0.2, 0) is 0 Å². The van der Waals surface area contributed by atoms with E-state index in [-0.39, 0.29) is 17.7 Å². The number of nitrogens with zero attached hydrogens (tertiary/aromatic N) is 3. The summed E-state index contributed by atoms with van der Waals surface area (Å²) < 4.78 is 0. The van der Waals surface area contributed by atoms with Gasteiger partial charge in [0.1, 0.15) is 5.69 Å². The summed E-state index contributed by atoms with van der Waals surface area (Å²) >= 11 is 0. The molecule has 1 aromatic rings. The minimum Gasteiger partial charge on any atom is -0.393 e. The Balaban J connectivity index is 2.24. The zero-order chi connectivity index (χ0) is 14.7. The lowest BCUT2D eigenvalue weighted by Gasteiger charge is -2.34. The van der Waals surface area contributed by atoms with Crippen molar-refractivity contribution in [3.8, 4) is 6.07 Å². The largest absolute Gasteiger partial charge is 0.393 e. The molecule has 1 aliphatic rings. The number of benzene rings is 1. The van der Waals surface area contributed by atoms with Crippen LogP contribution >= 0.6 is 0 Å². The van der Waals surface area contributed by atoms with Gasteiger partial charge in [-0.05, 0) is 37.8 Å². The standard InChI is InChI=1S/C14H17N3O3/c1-10(18)12-4-6-16(7-5-12)14-8-11(9-15)2-3-13(14)17(19)20/h2-3,8,10,12,18H,4-7H2,1H3. The lowest BCUT2D eigenvalue weighted by Crippen LogP contribution is -2.37. The molecule has 0 aromatic heterocycles. The molecule has 0 saturated carbocycles. The van der Waals surface area contributed by atoms with E-state index in [2.05, 4.69) is 0 Å². The molecule has 1 atom stereocenters. The zero-order valence-electron chi connectivity index (χ0n) is 11.3. The summed E-state index contributed by atoms with van der Waals surface area (Å²) in [6, 6.07) is 6.43. The monoisotopic (exact) mass is 275 g/mol. The minimum absolute atomic E-state index is 0.0273. The summed E-state index contributed by atoms with van der Waals surface area (Å²) in [6.07, 6.45) is 1.24. The number of nitro benzene ring substituents is 1. The molecule has 0 aliphatic carbocycles. The number of aliphatic hydroxyl groups excluding tert-OH is 1. The van der Waals surface area contributed by atoms with Crippen molar-refractivity contribution >= 4 is 11.4 Å². The van der Waals surface area contributed by atoms with Gasteiger partial charge in [-0.15, -0.1) is 0 Å². The van der Waals surface area contributed by atoms with Gasteiger partial charge in [0.25, 0.3) is 5.69 Å². The van der Waals surface area contributed by atoms with E-state index < -0.39 is 4.92 Å². The van der Waals surface area contributed by atoms with Gasteiger partial charge in [0.2, 0.25) is 0 Å². The highest BCUT2D eigenvalue weighted by Gasteiger charge is 2.26. The molecule has 2 rings (SSSR count). The third kappa shape index (κ3) is 2.89. The molecule has 0 bridgehead atoms. The molecular weight excluding hydrogens is 258 g/mol. The number of nitriles is 1. The zero-order valence-corrected chi connectivity index (χ0v) is 11.3. The Labute approximate surface area is 117 Å². The highest BCUT2D eigenvalue weighted by Crippen LogP contribution is 2.32. The number of hydrogen-bond acceptors (Lipinski definition) is 5. The summed E-state index contributed by atoms with van der Waals surface area (Å²) in [5.41, 5.74) is 0.945. The number of nitro groups is 1. The molecule has 106 valence electrons. The smallest absolute Gasteiger partial charge is 0.292 e. The van der Waals surface area contributed by atoms with Crippen molar-refractivity contribution in [2.45, 2.75) is 25.9 Å². The Hall–Kier alpha value is -2.13. The first-order valence-corrected chi connectivity index (χ1v) is 6.64. The molecule has 1 N–H and O–H groups in total. The molecule has 0 radical (unpaired) electrons. The third-order valence-electron chi connectivity index (χ3n) is 3.86. The minimum atomic E-state index is -0.419. The summed E-state index contributed by atoms with van der Waals surface area (Å²) in [5, 5.41) is 29.6. The first kappa shape index (κ1) is 14.3. The fraction of sp³-hybridized carbons (Fsp3) is 0.500. The van der Waals surface area contributed by atoms with Crippen LogP contribution in [-0.4, -0.2) is 29.2 Å². The van der Waals surface area contributed by atoms with Crippen molar-refractivity contribution in [1.29, 1.82) is 5.26 Å². The van der Waals surface area contributed by atoms with Crippen LogP contribution in [0.3, 0.4) is 0 Å². The maximum Gasteiger partial charge on any atom is 0.292 e. The van der Waals surface area contributed by atoms with E-state index in [1.54, 1.807) is 13.0 Å². The van der Waals surface area contributed by atoms with Crippen LogP contribution in [0.15, 0.2) is 18.2 Å². The van der Waals surface area contributed by atoms with Gasteiger partial charge >= 0.3 is 0 Å². The maximum atomic E-state index is 11.1. The van der Waals surface area contributed by atoms with E-state index in [0.29, 0.717) is 24.3 Å². The number of rotatable bonds is 3. The molecule has 6 nitrogen and oxygen atoms in total. The normalized spacial score (nSPS) is 17.6. The summed E-state index contributed by atoms with van der Waals surface area (Å²) in [5.74, 6) is 0.240. The van der Waals surface area contributed by atoms with Gasteiger partial charge in [0.05, 0.1) is 22.7 Å². The van der Waals surface area contributed by atoms with E-state index in [9.17, 15) is 15.2 Å². The summed E-state index contributed by atoms with van der Waals surface area (Å²) in [4.78, 5) is 12.6. The molecule has 1 aromatic carbocycles. The molecule has 1 aliphatic heterocycles. The molecular formula is C14H17N3O3. The van der Waals surface area contributed by atoms with Gasteiger partial charge in [-0.3, -0.25) is 10.1 Å². The lowest BCUT2D eigenvalue weighted by molar-refractivity contribution is -0.384. The van der Waals surface area contributed by atoms with Crippen LogP contribution in [0.4, 0.5) is 11.4 Å². The summed E-state index contributed by atoms with van der Waals surface area (Å²) in [7, 11) is 0. The third-order valence-corrected chi connectivity index (χ3v) is 3.86. The Morgan fingerprint density at radius 2 is 2.15 bits per heavy atom. The van der Waals surface area contributed by atoms with E-state index in [4.69, 9.17) is 5.26 Å². The van der Waals surface area contributed by atoms with E-state index >= 15 is 0 Å². The van der Waals surface area contributed by atoms with Gasteiger partial charge in [0.15, 0.2) is 0 Å². The lowest BCUT2D eigenvalue weighted by atomic mass is 9.92. The molecule has 1 heterocycles. The average Bonchev–Trinajstić information content (AvgIpc) is 2.46.